The first-order chi connectivity index (χ1) is 22.6. The van der Waals surface area contributed by atoms with E-state index in [1.807, 2.05) is 13.8 Å². The van der Waals surface area contributed by atoms with Crippen LogP contribution in [0.1, 0.15) is 45.4 Å². The van der Waals surface area contributed by atoms with Crippen LogP contribution in [-0.2, 0) is 39.2 Å². The molecule has 3 heterocycles. The molecule has 7 atom stereocenters. The van der Waals surface area contributed by atoms with Gasteiger partial charge in [-0.15, -0.1) is 0 Å². The molecule has 3 aromatic rings. The largest absolute Gasteiger partial charge is 0.471 e. The van der Waals surface area contributed by atoms with Crippen molar-refractivity contribution in [1.82, 2.24) is 19.3 Å². The highest BCUT2D eigenvalue weighted by Gasteiger charge is 2.89. The summed E-state index contributed by atoms with van der Waals surface area (Å²) in [6, 6.07) is 9.38. The highest BCUT2D eigenvalue weighted by atomic mass is 31.2. The number of benzene rings is 1. The van der Waals surface area contributed by atoms with Gasteiger partial charge in [-0.2, -0.15) is 10.2 Å². The van der Waals surface area contributed by atoms with E-state index >= 15 is 0 Å². The number of aliphatic hydroxyl groups excluding tert-OH is 1. The van der Waals surface area contributed by atoms with Crippen molar-refractivity contribution >= 4 is 27.1 Å². The summed E-state index contributed by atoms with van der Waals surface area (Å²) in [5.74, 6) is -0.550. The summed E-state index contributed by atoms with van der Waals surface area (Å²) in [6.45, 7) is 3.37. The molecule has 0 amide bonds. The number of hydrogen-bond acceptors (Lipinski definition) is 12. The molecule has 1 saturated carbocycles. The number of aromatic nitrogens is 3. The minimum Gasteiger partial charge on any atom is -0.464 e. The molecule has 1 unspecified atom stereocenters. The molecule has 6 N–H and O–H groups in total. The molecule has 2 fully saturated rings. The number of fused-ring (bicyclic) bond motifs is 2. The van der Waals surface area contributed by atoms with E-state index in [-0.39, 0.29) is 35.0 Å². The van der Waals surface area contributed by atoms with Gasteiger partial charge in [0, 0.05) is 0 Å². The van der Waals surface area contributed by atoms with Gasteiger partial charge in [0.2, 0.25) is 0 Å². The first-order valence-electron chi connectivity index (χ1n) is 15.1. The van der Waals surface area contributed by atoms with Crippen molar-refractivity contribution in [3.8, 4) is 5.75 Å². The Morgan fingerprint density at radius 3 is 2.48 bits per heavy atom. The fraction of sp³-hybridized carbons (Fsp3) is 0.536. The highest BCUT2D eigenvalue weighted by molar-refractivity contribution is 7.52. The lowest BCUT2D eigenvalue weighted by molar-refractivity contribution is -0.146. The van der Waals surface area contributed by atoms with E-state index in [1.165, 1.54) is 35.7 Å². The number of halogens is 1. The maximum Gasteiger partial charge on any atom is 0.471 e. The monoisotopic (exact) mass is 717 g/mol. The molecular formula is C28H38FN5O12P2. The molecule has 1 aliphatic heterocycles. The Morgan fingerprint density at radius 1 is 1.19 bits per heavy atom. The van der Waals surface area contributed by atoms with Crippen LogP contribution >= 0.6 is 15.6 Å². The van der Waals surface area contributed by atoms with Crippen LogP contribution in [-0.4, -0.2) is 82.9 Å². The first-order valence-corrected chi connectivity index (χ1v) is 18.1. The van der Waals surface area contributed by atoms with E-state index in [9.17, 15) is 28.5 Å². The smallest absolute Gasteiger partial charge is 0.464 e. The molecule has 1 saturated heterocycles. The van der Waals surface area contributed by atoms with Gasteiger partial charge in [-0.1, -0.05) is 44.9 Å². The van der Waals surface area contributed by atoms with Gasteiger partial charge in [0.05, 0.1) is 12.3 Å². The van der Waals surface area contributed by atoms with Crippen molar-refractivity contribution in [2.45, 2.75) is 75.9 Å². The third-order valence-electron chi connectivity index (χ3n) is 8.60. The van der Waals surface area contributed by atoms with Crippen molar-refractivity contribution in [3.63, 3.8) is 0 Å². The summed E-state index contributed by atoms with van der Waals surface area (Å²) in [5.41, 5.74) is -4.74. The van der Waals surface area contributed by atoms with Crippen LogP contribution in [0.5, 0.6) is 5.75 Å². The lowest BCUT2D eigenvalue weighted by Crippen LogP contribution is -2.38. The molecule has 2 aromatic heterocycles. The quantitative estimate of drug-likeness (QED) is 0.0920. The minimum atomic E-state index is -4.84. The number of para-hydroxylation sites is 1. The molecule has 0 spiro atoms. The first kappa shape index (κ1) is 36.3. The number of phosphoric ester groups is 1. The van der Waals surface area contributed by atoms with Crippen LogP contribution in [0.2, 0.25) is 0 Å². The summed E-state index contributed by atoms with van der Waals surface area (Å²) in [4.78, 5) is 30.8. The molecule has 5 rings (SSSR count). The van der Waals surface area contributed by atoms with Crippen molar-refractivity contribution in [2.24, 2.45) is 5.92 Å². The van der Waals surface area contributed by atoms with E-state index in [0.717, 1.165) is 23.7 Å². The fourth-order valence-corrected chi connectivity index (χ4v) is 7.68. The second-order valence-corrected chi connectivity index (χ2v) is 14.5. The number of carbonyl (C=O) groups is 1. The van der Waals surface area contributed by atoms with E-state index < -0.39 is 70.5 Å². The molecule has 20 heteroatoms. The third-order valence-corrected chi connectivity index (χ3v) is 10.7. The number of esters is 1. The Bertz CT molecular complexity index is 1780. The van der Waals surface area contributed by atoms with Gasteiger partial charge >= 0.3 is 21.5 Å². The van der Waals surface area contributed by atoms with E-state index in [1.54, 1.807) is 18.2 Å². The number of nitrogens with zero attached hydrogens (tertiary/aromatic N) is 3. The van der Waals surface area contributed by atoms with E-state index in [4.69, 9.17) is 33.7 Å². The van der Waals surface area contributed by atoms with Crippen LogP contribution in [0.25, 0.3) is 5.52 Å². The summed E-state index contributed by atoms with van der Waals surface area (Å²) in [7, 11) is -9.46. The van der Waals surface area contributed by atoms with Crippen molar-refractivity contribution in [2.75, 3.05) is 13.3 Å². The lowest BCUT2D eigenvalue weighted by Gasteiger charge is -2.27. The normalized spacial score (nSPS) is 27.1. The van der Waals surface area contributed by atoms with Crippen molar-refractivity contribution in [3.05, 3.63) is 60.0 Å². The average Bonchev–Trinajstić information content (AvgIpc) is 3.28. The van der Waals surface area contributed by atoms with Crippen molar-refractivity contribution in [1.29, 1.82) is 5.41 Å². The molecule has 0 bridgehead atoms. The maximum atomic E-state index is 14.8. The van der Waals surface area contributed by atoms with Crippen molar-refractivity contribution < 1.29 is 61.4 Å². The average molecular weight is 718 g/mol. The molecule has 1 aliphatic carbocycles. The van der Waals surface area contributed by atoms with Gasteiger partial charge in [-0.25, -0.2) is 18.0 Å². The fourth-order valence-electron chi connectivity index (χ4n) is 5.66. The topological polar surface area (TPSA) is 236 Å². The van der Waals surface area contributed by atoms with Crippen LogP contribution in [0.3, 0.4) is 0 Å². The zero-order valence-electron chi connectivity index (χ0n) is 26.2. The Hall–Kier alpha value is -3.02. The van der Waals surface area contributed by atoms with Gasteiger partial charge < -0.3 is 34.0 Å². The molecule has 2 aliphatic rings. The predicted octanol–water partition coefficient (Wildman–Crippen LogP) is 2.10. The highest BCUT2D eigenvalue weighted by Crippen LogP contribution is 2.68. The lowest BCUT2D eigenvalue weighted by atomic mass is 10.0. The summed E-state index contributed by atoms with van der Waals surface area (Å²) in [5, 5.41) is 37.9. The predicted molar refractivity (Wildman–Crippen MR) is 163 cm³/mol. The number of aliphatic hydroxyl groups is 2. The van der Waals surface area contributed by atoms with Crippen LogP contribution in [0, 0.1) is 11.3 Å². The minimum absolute atomic E-state index is 0.0673. The Morgan fingerprint density at radius 2 is 1.88 bits per heavy atom. The zero-order chi connectivity index (χ0) is 35.1. The van der Waals surface area contributed by atoms with Gasteiger partial charge in [-0.3, -0.25) is 23.8 Å². The Balaban J connectivity index is 1.37. The van der Waals surface area contributed by atoms with Crippen LogP contribution < -0.4 is 15.1 Å². The number of carbonyl (C=O) groups excluding carboxylic acids is 1. The molecule has 48 heavy (non-hydrogen) atoms. The summed E-state index contributed by atoms with van der Waals surface area (Å²) in [6.07, 6.45) is -2.40. The van der Waals surface area contributed by atoms with E-state index in [2.05, 4.69) is 14.7 Å². The number of phosphoric acid groups is 1. The Kier molecular flexibility index (Phi) is 10.4. The third kappa shape index (κ3) is 6.74. The standard InChI is InChI=1S/C28H38FN5O12P2/c1-4-18(5-2)13-42-25(36)17(3)32-47(38,45-19-9-7-6-8-10-19)46-26-27(14-29)28(26,37)23(35)22(44-27)20-11-12-21-24(30)33(15-31-34(20)21)16-43-48(39,40)41/h6-12,15,17-18,22-23,26,30,35,37H,4-5,13-14,16H2,1-3H3,(H,32,38)(H2,39,40,41)/t17-,22-,23-,26?,27+,28+,47+/m0/s1. The van der Waals surface area contributed by atoms with E-state index in [0.29, 0.717) is 0 Å². The molecule has 1 aromatic carbocycles. The second-order valence-electron chi connectivity index (χ2n) is 11.6. The molecule has 0 radical (unpaired) electrons. The molecule has 264 valence electrons. The number of alkyl halides is 1. The van der Waals surface area contributed by atoms with Gasteiger partial charge in [0.15, 0.2) is 16.7 Å². The number of rotatable bonds is 16. The Labute approximate surface area is 273 Å². The number of hydrogen-bond donors (Lipinski definition) is 6. The van der Waals surface area contributed by atoms with Crippen LogP contribution in [0.4, 0.5) is 4.39 Å². The van der Waals surface area contributed by atoms with Gasteiger partial charge in [-0.05, 0) is 37.1 Å². The molecular weight excluding hydrogens is 679 g/mol. The zero-order valence-corrected chi connectivity index (χ0v) is 28.0. The number of nitrogens with one attached hydrogen (secondary N) is 2. The number of ether oxygens (including phenoxy) is 2. The maximum absolute atomic E-state index is 14.8. The second kappa shape index (κ2) is 13.7. The SMILES string of the molecule is CCC(CC)COC(=O)[C@H](C)N[P@@](=O)(Oc1ccccc1)OC1[C@@]2(CF)O[C@@H](c3ccc4c(=N)n(COP(=O)(O)O)cnn34)[C@H](O)[C@@]12O. The van der Waals surface area contributed by atoms with Crippen LogP contribution in [0.15, 0.2) is 48.8 Å². The summed E-state index contributed by atoms with van der Waals surface area (Å²) < 4.78 is 69.3. The van der Waals surface area contributed by atoms with Gasteiger partial charge in [0.1, 0.15) is 55.4 Å². The summed E-state index contributed by atoms with van der Waals surface area (Å²) >= 11 is 0. The molecule has 17 nitrogen and oxygen atoms in total. The van der Waals surface area contributed by atoms with Gasteiger partial charge in [0.25, 0.3) is 0 Å².